The van der Waals surface area contributed by atoms with Crippen LogP contribution in [-0.4, -0.2) is 26.9 Å². The number of esters is 1. The van der Waals surface area contributed by atoms with Crippen LogP contribution >= 0.6 is 0 Å². The molecule has 11 heteroatoms. The SMILES string of the molecule is Cc1cc(F)ccc1S(=O)(=O)Nc1ccccc1C(=O)OCC(=O)Nc1ccc(F)cc1F. The lowest BCUT2D eigenvalue weighted by atomic mass is 10.2. The van der Waals surface area contributed by atoms with Crippen LogP contribution in [0.5, 0.6) is 0 Å². The third-order valence-electron chi connectivity index (χ3n) is 4.36. The van der Waals surface area contributed by atoms with E-state index in [0.717, 1.165) is 30.3 Å². The van der Waals surface area contributed by atoms with Crippen LogP contribution in [-0.2, 0) is 19.6 Å². The van der Waals surface area contributed by atoms with Crippen molar-refractivity contribution in [2.45, 2.75) is 11.8 Å². The van der Waals surface area contributed by atoms with E-state index in [4.69, 9.17) is 4.74 Å². The van der Waals surface area contributed by atoms with Crippen LogP contribution in [0.1, 0.15) is 15.9 Å². The largest absolute Gasteiger partial charge is 0.452 e. The van der Waals surface area contributed by atoms with E-state index in [1.807, 2.05) is 0 Å². The summed E-state index contributed by atoms with van der Waals surface area (Å²) in [5.41, 5.74) is -0.467. The number of rotatable bonds is 7. The number of aryl methyl sites for hydroxylation is 1. The van der Waals surface area contributed by atoms with E-state index in [1.54, 1.807) is 0 Å². The fourth-order valence-electron chi connectivity index (χ4n) is 2.85. The zero-order valence-corrected chi connectivity index (χ0v) is 17.9. The molecule has 172 valence electrons. The molecular weight excluding hydrogens is 461 g/mol. The Morgan fingerprint density at radius 1 is 0.909 bits per heavy atom. The van der Waals surface area contributed by atoms with Gasteiger partial charge in [0.2, 0.25) is 0 Å². The average Bonchev–Trinajstić information content (AvgIpc) is 2.74. The number of hydrogen-bond donors (Lipinski definition) is 2. The molecule has 0 spiro atoms. The molecule has 0 unspecified atom stereocenters. The lowest BCUT2D eigenvalue weighted by molar-refractivity contribution is -0.119. The van der Waals surface area contributed by atoms with Crippen molar-refractivity contribution in [3.8, 4) is 0 Å². The Balaban J connectivity index is 1.71. The summed E-state index contributed by atoms with van der Waals surface area (Å²) < 4.78 is 72.5. The monoisotopic (exact) mass is 478 g/mol. The summed E-state index contributed by atoms with van der Waals surface area (Å²) in [6.45, 7) is 0.605. The molecule has 0 aromatic heterocycles. The Hall–Kier alpha value is -3.86. The number of sulfonamides is 1. The topological polar surface area (TPSA) is 102 Å². The number of hydrogen-bond acceptors (Lipinski definition) is 5. The molecule has 7 nitrogen and oxygen atoms in total. The third kappa shape index (κ3) is 5.89. The number of anilines is 2. The van der Waals surface area contributed by atoms with E-state index in [-0.39, 0.29) is 27.4 Å². The molecule has 1 amide bonds. The van der Waals surface area contributed by atoms with Gasteiger partial charge in [0.05, 0.1) is 21.8 Å². The fraction of sp³-hybridized carbons (Fsp3) is 0.0909. The predicted octanol–water partition coefficient (Wildman–Crippen LogP) is 4.01. The summed E-state index contributed by atoms with van der Waals surface area (Å²) >= 11 is 0. The minimum atomic E-state index is -4.17. The van der Waals surface area contributed by atoms with E-state index < -0.39 is 46.0 Å². The van der Waals surface area contributed by atoms with E-state index >= 15 is 0 Å². The van der Waals surface area contributed by atoms with Crippen LogP contribution < -0.4 is 10.0 Å². The lowest BCUT2D eigenvalue weighted by Crippen LogP contribution is -2.22. The number of carbonyl (C=O) groups excluding carboxylic acids is 2. The van der Waals surface area contributed by atoms with Crippen molar-refractivity contribution in [1.29, 1.82) is 0 Å². The van der Waals surface area contributed by atoms with Crippen molar-refractivity contribution in [2.24, 2.45) is 0 Å². The molecule has 3 aromatic carbocycles. The zero-order valence-electron chi connectivity index (χ0n) is 17.1. The minimum absolute atomic E-state index is 0.129. The second-order valence-corrected chi connectivity index (χ2v) is 8.46. The number of carbonyl (C=O) groups is 2. The number of benzene rings is 3. The molecule has 0 aliphatic heterocycles. The number of ether oxygens (including phenoxy) is 1. The van der Waals surface area contributed by atoms with Gasteiger partial charge in [0.15, 0.2) is 6.61 Å². The minimum Gasteiger partial charge on any atom is -0.452 e. The first-order chi connectivity index (χ1) is 15.6. The molecule has 0 radical (unpaired) electrons. The third-order valence-corrected chi connectivity index (χ3v) is 5.88. The van der Waals surface area contributed by atoms with Gasteiger partial charge in [-0.15, -0.1) is 0 Å². The highest BCUT2D eigenvalue weighted by Crippen LogP contribution is 2.23. The van der Waals surface area contributed by atoms with Gasteiger partial charge in [-0.1, -0.05) is 12.1 Å². The van der Waals surface area contributed by atoms with Crippen molar-refractivity contribution < 1.29 is 35.9 Å². The number of para-hydroxylation sites is 1. The molecule has 0 aliphatic rings. The molecular formula is C22H17F3N2O5S. The standard InChI is InChI=1S/C22H17F3N2O5S/c1-13-10-14(23)7-9-20(13)33(30,31)27-18-5-3-2-4-16(18)22(29)32-12-21(28)26-19-8-6-15(24)11-17(19)25/h2-11,27H,12H2,1H3,(H,26,28). The quantitative estimate of drug-likeness (QED) is 0.500. The predicted molar refractivity (Wildman–Crippen MR) is 114 cm³/mol. The Morgan fingerprint density at radius 3 is 2.27 bits per heavy atom. The van der Waals surface area contributed by atoms with E-state index in [9.17, 15) is 31.2 Å². The highest BCUT2D eigenvalue weighted by atomic mass is 32.2. The summed E-state index contributed by atoms with van der Waals surface area (Å²) in [4.78, 5) is 24.2. The molecule has 0 bridgehead atoms. The second kappa shape index (κ2) is 9.74. The molecule has 2 N–H and O–H groups in total. The summed E-state index contributed by atoms with van der Waals surface area (Å²) in [6.07, 6.45) is 0. The normalized spacial score (nSPS) is 11.0. The van der Waals surface area contributed by atoms with Crippen molar-refractivity contribution in [3.05, 3.63) is 89.2 Å². The highest BCUT2D eigenvalue weighted by molar-refractivity contribution is 7.92. The number of amides is 1. The van der Waals surface area contributed by atoms with Gasteiger partial charge in [-0.05, 0) is 55.0 Å². The summed E-state index contributed by atoms with van der Waals surface area (Å²) in [7, 11) is -4.17. The van der Waals surface area contributed by atoms with Gasteiger partial charge in [-0.2, -0.15) is 0 Å². The zero-order chi connectivity index (χ0) is 24.2. The van der Waals surface area contributed by atoms with Crippen LogP contribution in [0.4, 0.5) is 24.5 Å². The van der Waals surface area contributed by atoms with Crippen LogP contribution in [0.15, 0.2) is 65.6 Å². The van der Waals surface area contributed by atoms with Crippen LogP contribution in [0, 0.1) is 24.4 Å². The highest BCUT2D eigenvalue weighted by Gasteiger charge is 2.22. The van der Waals surface area contributed by atoms with Crippen LogP contribution in [0.3, 0.4) is 0 Å². The molecule has 33 heavy (non-hydrogen) atoms. The number of nitrogens with one attached hydrogen (secondary N) is 2. The maximum absolute atomic E-state index is 13.6. The molecule has 0 saturated carbocycles. The first-order valence-electron chi connectivity index (χ1n) is 9.37. The Labute approximate surface area is 187 Å². The second-order valence-electron chi connectivity index (χ2n) is 6.81. The van der Waals surface area contributed by atoms with Gasteiger partial charge in [0.25, 0.3) is 15.9 Å². The maximum Gasteiger partial charge on any atom is 0.340 e. The molecule has 3 rings (SSSR count). The molecule has 0 atom stereocenters. The fourth-order valence-corrected chi connectivity index (χ4v) is 4.16. The maximum atomic E-state index is 13.6. The molecule has 0 saturated heterocycles. The van der Waals surface area contributed by atoms with Gasteiger partial charge in [0, 0.05) is 6.07 Å². The summed E-state index contributed by atoms with van der Waals surface area (Å²) in [5, 5.41) is 2.13. The smallest absolute Gasteiger partial charge is 0.340 e. The van der Waals surface area contributed by atoms with Crippen molar-refractivity contribution >= 4 is 33.3 Å². The van der Waals surface area contributed by atoms with Gasteiger partial charge in [-0.25, -0.2) is 26.4 Å². The van der Waals surface area contributed by atoms with Crippen LogP contribution in [0.25, 0.3) is 0 Å². The first kappa shape index (κ1) is 23.8. The molecule has 3 aromatic rings. The lowest BCUT2D eigenvalue weighted by Gasteiger charge is -2.14. The van der Waals surface area contributed by atoms with Crippen molar-refractivity contribution in [1.82, 2.24) is 0 Å². The van der Waals surface area contributed by atoms with Gasteiger partial charge >= 0.3 is 5.97 Å². The van der Waals surface area contributed by atoms with Gasteiger partial charge < -0.3 is 10.1 Å². The Kier molecular flexibility index (Phi) is 7.02. The Morgan fingerprint density at radius 2 is 1.58 bits per heavy atom. The van der Waals surface area contributed by atoms with E-state index in [2.05, 4.69) is 10.0 Å². The van der Waals surface area contributed by atoms with Crippen molar-refractivity contribution in [2.75, 3.05) is 16.6 Å². The first-order valence-corrected chi connectivity index (χ1v) is 10.8. The Bertz CT molecular complexity index is 1330. The molecule has 0 fully saturated rings. The average molecular weight is 478 g/mol. The summed E-state index contributed by atoms with van der Waals surface area (Å²) in [6, 6.07) is 11.2. The van der Waals surface area contributed by atoms with Crippen LogP contribution in [0.2, 0.25) is 0 Å². The van der Waals surface area contributed by atoms with Gasteiger partial charge in [0.1, 0.15) is 17.5 Å². The van der Waals surface area contributed by atoms with Gasteiger partial charge in [-0.3, -0.25) is 9.52 Å². The van der Waals surface area contributed by atoms with E-state index in [0.29, 0.717) is 6.07 Å². The van der Waals surface area contributed by atoms with Crippen molar-refractivity contribution in [3.63, 3.8) is 0 Å². The summed E-state index contributed by atoms with van der Waals surface area (Å²) in [5.74, 6) is -4.36. The molecule has 0 heterocycles. The number of halogens is 3. The molecule has 0 aliphatic carbocycles. The van der Waals surface area contributed by atoms with E-state index in [1.165, 1.54) is 31.2 Å².